The number of rotatable bonds is 6. The standard InChI is InChI=1S/C20H24N2O4S/c1-26-15-16-5-7-17(8-6-16)20(23)21-18-9-11-19(12-10-18)27(24,25)22-13-3-2-4-14-22/h5-12H,2-4,13-15H2,1H3,(H,21,23). The van der Waals surface area contributed by atoms with Crippen molar-refractivity contribution in [3.63, 3.8) is 0 Å². The molecule has 2 aromatic rings. The first-order valence-electron chi connectivity index (χ1n) is 9.00. The van der Waals surface area contributed by atoms with Crippen LogP contribution in [0, 0.1) is 0 Å². The Morgan fingerprint density at radius 2 is 1.63 bits per heavy atom. The zero-order chi connectivity index (χ0) is 19.3. The van der Waals surface area contributed by atoms with Crippen LogP contribution >= 0.6 is 0 Å². The zero-order valence-electron chi connectivity index (χ0n) is 15.3. The van der Waals surface area contributed by atoms with E-state index in [1.54, 1.807) is 43.5 Å². The summed E-state index contributed by atoms with van der Waals surface area (Å²) in [7, 11) is -1.84. The molecule has 0 aromatic heterocycles. The van der Waals surface area contributed by atoms with Gasteiger partial charge in [-0.05, 0) is 54.8 Å². The Bertz CT molecular complexity index is 871. The fraction of sp³-hybridized carbons (Fsp3) is 0.350. The van der Waals surface area contributed by atoms with E-state index in [2.05, 4.69) is 5.32 Å². The van der Waals surface area contributed by atoms with E-state index in [9.17, 15) is 13.2 Å². The predicted molar refractivity (Wildman–Crippen MR) is 104 cm³/mol. The summed E-state index contributed by atoms with van der Waals surface area (Å²) < 4.78 is 31.9. The number of hydrogen-bond donors (Lipinski definition) is 1. The van der Waals surface area contributed by atoms with Gasteiger partial charge in [0, 0.05) is 31.5 Å². The van der Waals surface area contributed by atoms with Gasteiger partial charge in [0.2, 0.25) is 10.0 Å². The summed E-state index contributed by atoms with van der Waals surface area (Å²) in [4.78, 5) is 12.6. The lowest BCUT2D eigenvalue weighted by Crippen LogP contribution is -2.35. The molecule has 3 rings (SSSR count). The molecule has 1 aliphatic rings. The van der Waals surface area contributed by atoms with E-state index < -0.39 is 10.0 Å². The molecule has 1 heterocycles. The number of ether oxygens (including phenoxy) is 1. The van der Waals surface area contributed by atoms with Crippen molar-refractivity contribution >= 4 is 21.6 Å². The summed E-state index contributed by atoms with van der Waals surface area (Å²) in [6.45, 7) is 1.63. The Kier molecular flexibility index (Phi) is 6.26. The molecule has 2 aromatic carbocycles. The highest BCUT2D eigenvalue weighted by atomic mass is 32.2. The van der Waals surface area contributed by atoms with E-state index in [1.807, 2.05) is 12.1 Å². The normalized spacial score (nSPS) is 15.4. The average molecular weight is 388 g/mol. The van der Waals surface area contributed by atoms with Gasteiger partial charge in [0.05, 0.1) is 11.5 Å². The SMILES string of the molecule is COCc1ccc(C(=O)Nc2ccc(S(=O)(=O)N3CCCCC3)cc2)cc1. The van der Waals surface area contributed by atoms with Gasteiger partial charge >= 0.3 is 0 Å². The minimum absolute atomic E-state index is 0.245. The number of sulfonamides is 1. The van der Waals surface area contributed by atoms with Crippen molar-refractivity contribution in [1.29, 1.82) is 0 Å². The number of piperidine rings is 1. The Balaban J connectivity index is 1.67. The van der Waals surface area contributed by atoms with Gasteiger partial charge in [-0.25, -0.2) is 8.42 Å². The maximum absolute atomic E-state index is 12.7. The number of methoxy groups -OCH3 is 1. The summed E-state index contributed by atoms with van der Waals surface area (Å²) in [6, 6.07) is 13.5. The van der Waals surface area contributed by atoms with E-state index in [4.69, 9.17) is 4.74 Å². The van der Waals surface area contributed by atoms with E-state index in [0.29, 0.717) is 30.9 Å². The molecular formula is C20H24N2O4S. The Morgan fingerprint density at radius 1 is 1.00 bits per heavy atom. The van der Waals surface area contributed by atoms with E-state index in [-0.39, 0.29) is 10.8 Å². The smallest absolute Gasteiger partial charge is 0.255 e. The largest absolute Gasteiger partial charge is 0.380 e. The van der Waals surface area contributed by atoms with Crippen molar-refractivity contribution in [1.82, 2.24) is 4.31 Å². The second-order valence-electron chi connectivity index (χ2n) is 6.57. The number of carbonyl (C=O) groups excluding carboxylic acids is 1. The number of carbonyl (C=O) groups is 1. The van der Waals surface area contributed by atoms with Crippen LogP contribution in [0.1, 0.15) is 35.2 Å². The molecule has 0 bridgehead atoms. The third-order valence-electron chi connectivity index (χ3n) is 4.59. The van der Waals surface area contributed by atoms with Crippen molar-refractivity contribution in [2.75, 3.05) is 25.5 Å². The summed E-state index contributed by atoms with van der Waals surface area (Å²) in [5.74, 6) is -0.245. The minimum atomic E-state index is -3.46. The van der Waals surface area contributed by atoms with Gasteiger partial charge in [-0.2, -0.15) is 4.31 Å². The summed E-state index contributed by atoms with van der Waals surface area (Å²) >= 11 is 0. The number of amides is 1. The molecule has 0 unspecified atom stereocenters. The van der Waals surface area contributed by atoms with Crippen molar-refractivity contribution in [3.8, 4) is 0 Å². The fourth-order valence-electron chi connectivity index (χ4n) is 3.09. The first-order chi connectivity index (χ1) is 13.0. The second kappa shape index (κ2) is 8.65. The van der Waals surface area contributed by atoms with Crippen LogP contribution in [-0.2, 0) is 21.4 Å². The molecular weight excluding hydrogens is 364 g/mol. The monoisotopic (exact) mass is 388 g/mol. The Morgan fingerprint density at radius 3 is 2.22 bits per heavy atom. The molecule has 1 aliphatic heterocycles. The topological polar surface area (TPSA) is 75.7 Å². The third-order valence-corrected chi connectivity index (χ3v) is 6.50. The van der Waals surface area contributed by atoms with Crippen LogP contribution in [0.4, 0.5) is 5.69 Å². The lowest BCUT2D eigenvalue weighted by Gasteiger charge is -2.25. The van der Waals surface area contributed by atoms with Crippen LogP contribution in [0.3, 0.4) is 0 Å². The number of nitrogens with one attached hydrogen (secondary N) is 1. The van der Waals surface area contributed by atoms with Gasteiger partial charge in [-0.3, -0.25) is 4.79 Å². The molecule has 6 nitrogen and oxygen atoms in total. The van der Waals surface area contributed by atoms with Crippen LogP contribution in [0.25, 0.3) is 0 Å². The van der Waals surface area contributed by atoms with Gasteiger partial charge < -0.3 is 10.1 Å². The fourth-order valence-corrected chi connectivity index (χ4v) is 4.60. The van der Waals surface area contributed by atoms with Gasteiger partial charge in [-0.15, -0.1) is 0 Å². The lowest BCUT2D eigenvalue weighted by atomic mass is 10.1. The molecule has 0 spiro atoms. The maximum atomic E-state index is 12.7. The van der Waals surface area contributed by atoms with Crippen molar-refractivity contribution in [3.05, 3.63) is 59.7 Å². The predicted octanol–water partition coefficient (Wildman–Crippen LogP) is 3.26. The number of hydrogen-bond acceptors (Lipinski definition) is 4. The molecule has 144 valence electrons. The molecule has 0 aliphatic carbocycles. The molecule has 1 N–H and O–H groups in total. The summed E-state index contributed by atoms with van der Waals surface area (Å²) in [5.41, 5.74) is 2.07. The number of anilines is 1. The Labute approximate surface area is 160 Å². The number of nitrogens with zero attached hydrogens (tertiary/aromatic N) is 1. The number of benzene rings is 2. The summed E-state index contributed by atoms with van der Waals surface area (Å²) in [5, 5.41) is 2.79. The van der Waals surface area contributed by atoms with E-state index >= 15 is 0 Å². The van der Waals surface area contributed by atoms with Crippen LogP contribution in [0.15, 0.2) is 53.4 Å². The maximum Gasteiger partial charge on any atom is 0.255 e. The average Bonchev–Trinajstić information content (AvgIpc) is 2.70. The highest BCUT2D eigenvalue weighted by molar-refractivity contribution is 7.89. The molecule has 0 atom stereocenters. The van der Waals surface area contributed by atoms with Crippen LogP contribution in [0.2, 0.25) is 0 Å². The van der Waals surface area contributed by atoms with Crippen molar-refractivity contribution < 1.29 is 17.9 Å². The minimum Gasteiger partial charge on any atom is -0.380 e. The van der Waals surface area contributed by atoms with Gasteiger partial charge in [0.1, 0.15) is 0 Å². The highest BCUT2D eigenvalue weighted by Crippen LogP contribution is 2.22. The molecule has 1 saturated heterocycles. The molecule has 1 amide bonds. The van der Waals surface area contributed by atoms with Gasteiger partial charge in [-0.1, -0.05) is 18.6 Å². The first-order valence-corrected chi connectivity index (χ1v) is 10.4. The zero-order valence-corrected chi connectivity index (χ0v) is 16.2. The van der Waals surface area contributed by atoms with Gasteiger partial charge in [0.15, 0.2) is 0 Å². The lowest BCUT2D eigenvalue weighted by molar-refractivity contribution is 0.102. The van der Waals surface area contributed by atoms with Gasteiger partial charge in [0.25, 0.3) is 5.91 Å². The van der Waals surface area contributed by atoms with E-state index in [0.717, 1.165) is 24.8 Å². The van der Waals surface area contributed by atoms with Crippen molar-refractivity contribution in [2.45, 2.75) is 30.8 Å². The van der Waals surface area contributed by atoms with E-state index in [1.165, 1.54) is 4.31 Å². The van der Waals surface area contributed by atoms with Crippen LogP contribution in [0.5, 0.6) is 0 Å². The van der Waals surface area contributed by atoms with Crippen molar-refractivity contribution in [2.24, 2.45) is 0 Å². The Hall–Kier alpha value is -2.22. The van der Waals surface area contributed by atoms with Crippen LogP contribution in [-0.4, -0.2) is 38.8 Å². The summed E-state index contributed by atoms with van der Waals surface area (Å²) in [6.07, 6.45) is 2.87. The second-order valence-corrected chi connectivity index (χ2v) is 8.51. The first kappa shape index (κ1) is 19.5. The molecule has 7 heteroatoms. The highest BCUT2D eigenvalue weighted by Gasteiger charge is 2.25. The molecule has 0 radical (unpaired) electrons. The third kappa shape index (κ3) is 4.74. The quantitative estimate of drug-likeness (QED) is 0.824. The van der Waals surface area contributed by atoms with Crippen LogP contribution < -0.4 is 5.32 Å². The molecule has 0 saturated carbocycles. The molecule has 27 heavy (non-hydrogen) atoms. The molecule has 1 fully saturated rings.